The number of aryl methyl sites for hydroxylation is 2. The van der Waals surface area contributed by atoms with Gasteiger partial charge in [-0.2, -0.15) is 4.68 Å². The zero-order valence-corrected chi connectivity index (χ0v) is 17.3. The van der Waals surface area contributed by atoms with Crippen molar-refractivity contribution in [1.29, 1.82) is 0 Å². The van der Waals surface area contributed by atoms with Crippen LogP contribution >= 0.6 is 11.3 Å². The molecule has 0 bridgehead atoms. The second-order valence-electron chi connectivity index (χ2n) is 6.96. The molecule has 1 unspecified atom stereocenters. The lowest BCUT2D eigenvalue weighted by Crippen LogP contribution is -2.34. The van der Waals surface area contributed by atoms with Crippen LogP contribution in [0.5, 0.6) is 11.5 Å². The monoisotopic (exact) mass is 414 g/mol. The Kier molecular flexibility index (Phi) is 5.23. The van der Waals surface area contributed by atoms with E-state index in [9.17, 15) is 9.59 Å². The highest BCUT2D eigenvalue weighted by atomic mass is 32.1. The van der Waals surface area contributed by atoms with Gasteiger partial charge in [-0.05, 0) is 50.3 Å². The van der Waals surface area contributed by atoms with Crippen LogP contribution < -0.4 is 20.3 Å². The third-order valence-corrected chi connectivity index (χ3v) is 6.39. The predicted molar refractivity (Wildman–Crippen MR) is 111 cm³/mol. The number of nitrogens with one attached hydrogen (secondary N) is 1. The molecule has 1 amide bonds. The molecular formula is C20H22N4O4S. The number of fused-ring (bicyclic) bond motifs is 3. The lowest BCUT2D eigenvalue weighted by atomic mass is 9.97. The molecule has 9 heteroatoms. The third-order valence-electron chi connectivity index (χ3n) is 5.22. The minimum absolute atomic E-state index is 0.269. The number of nitrogens with zero attached hydrogens (tertiary/aromatic N) is 3. The van der Waals surface area contributed by atoms with E-state index in [0.29, 0.717) is 27.4 Å². The number of carbonyl (C=O) groups is 1. The molecule has 8 nitrogen and oxygen atoms in total. The Morgan fingerprint density at radius 1 is 1.24 bits per heavy atom. The van der Waals surface area contributed by atoms with E-state index in [1.807, 2.05) is 0 Å². The van der Waals surface area contributed by atoms with E-state index in [0.717, 1.165) is 35.9 Å². The molecule has 1 aromatic carbocycles. The fraction of sp³-hybridized carbons (Fsp3) is 0.400. The van der Waals surface area contributed by atoms with Gasteiger partial charge < -0.3 is 14.8 Å². The normalized spacial score (nSPS) is 14.3. The highest BCUT2D eigenvalue weighted by Gasteiger charge is 2.25. The minimum atomic E-state index is -0.838. The first-order valence-corrected chi connectivity index (χ1v) is 10.3. The number of thiophene rings is 1. The Labute approximate surface area is 171 Å². The van der Waals surface area contributed by atoms with Crippen molar-refractivity contribution in [3.8, 4) is 11.5 Å². The maximum atomic E-state index is 13.1. The van der Waals surface area contributed by atoms with Crippen LogP contribution in [-0.2, 0) is 17.6 Å². The Balaban J connectivity index is 1.67. The quantitative estimate of drug-likeness (QED) is 0.690. The number of carbonyl (C=O) groups excluding carboxylic acids is 1. The molecule has 1 N–H and O–H groups in total. The molecule has 0 radical (unpaired) electrons. The summed E-state index contributed by atoms with van der Waals surface area (Å²) in [5.74, 6) is 0.681. The van der Waals surface area contributed by atoms with Gasteiger partial charge in [0.15, 0.2) is 4.83 Å². The topological polar surface area (TPSA) is 95.3 Å². The van der Waals surface area contributed by atoms with Crippen LogP contribution in [0.4, 0.5) is 5.69 Å². The average Bonchev–Trinajstić information content (AvgIpc) is 3.12. The zero-order chi connectivity index (χ0) is 20.5. The molecule has 2 aromatic heterocycles. The first kappa shape index (κ1) is 19.4. The van der Waals surface area contributed by atoms with E-state index >= 15 is 0 Å². The number of anilines is 1. The predicted octanol–water partition coefficient (Wildman–Crippen LogP) is 2.95. The van der Waals surface area contributed by atoms with E-state index in [2.05, 4.69) is 15.6 Å². The number of benzene rings is 1. The zero-order valence-electron chi connectivity index (χ0n) is 16.5. The maximum absolute atomic E-state index is 13.1. The van der Waals surface area contributed by atoms with Crippen molar-refractivity contribution in [2.75, 3.05) is 19.5 Å². The van der Waals surface area contributed by atoms with Gasteiger partial charge in [-0.1, -0.05) is 5.21 Å². The molecule has 3 aromatic rings. The van der Waals surface area contributed by atoms with Crippen LogP contribution in [0.3, 0.4) is 0 Å². The summed E-state index contributed by atoms with van der Waals surface area (Å²) >= 11 is 1.54. The van der Waals surface area contributed by atoms with Crippen molar-refractivity contribution in [1.82, 2.24) is 15.0 Å². The Hall–Kier alpha value is -2.94. The first-order valence-electron chi connectivity index (χ1n) is 9.46. The molecule has 0 spiro atoms. The van der Waals surface area contributed by atoms with Crippen LogP contribution in [0.2, 0.25) is 0 Å². The third kappa shape index (κ3) is 3.46. The van der Waals surface area contributed by atoms with Gasteiger partial charge >= 0.3 is 0 Å². The molecule has 1 aliphatic rings. The van der Waals surface area contributed by atoms with Gasteiger partial charge in [0.2, 0.25) is 5.91 Å². The van der Waals surface area contributed by atoms with Crippen molar-refractivity contribution in [3.63, 3.8) is 0 Å². The molecule has 4 rings (SSSR count). The van der Waals surface area contributed by atoms with Gasteiger partial charge in [-0.25, -0.2) is 0 Å². The maximum Gasteiger partial charge on any atom is 0.279 e. The molecule has 0 fully saturated rings. The van der Waals surface area contributed by atoms with Crippen LogP contribution in [0, 0.1) is 0 Å². The SMILES string of the molecule is COc1ccc(OC)c(NC(=O)C(C)n2nnc3sc4c(c3c2=O)CCCC4)c1. The highest BCUT2D eigenvalue weighted by molar-refractivity contribution is 7.18. The first-order chi connectivity index (χ1) is 14.0. The van der Waals surface area contributed by atoms with E-state index < -0.39 is 11.9 Å². The van der Waals surface area contributed by atoms with Crippen molar-refractivity contribution in [2.45, 2.75) is 38.6 Å². The molecule has 1 atom stereocenters. The molecule has 29 heavy (non-hydrogen) atoms. The van der Waals surface area contributed by atoms with Gasteiger partial charge in [0.25, 0.3) is 5.56 Å². The van der Waals surface area contributed by atoms with E-state index in [4.69, 9.17) is 9.47 Å². The lowest BCUT2D eigenvalue weighted by molar-refractivity contribution is -0.119. The second kappa shape index (κ2) is 7.82. The van der Waals surface area contributed by atoms with Gasteiger partial charge in [0.05, 0.1) is 25.3 Å². The smallest absolute Gasteiger partial charge is 0.279 e. The molecule has 0 saturated carbocycles. The summed E-state index contributed by atoms with van der Waals surface area (Å²) < 4.78 is 11.7. The molecule has 0 aliphatic heterocycles. The van der Waals surface area contributed by atoms with Crippen LogP contribution in [0.15, 0.2) is 23.0 Å². The van der Waals surface area contributed by atoms with Crippen molar-refractivity contribution >= 4 is 33.1 Å². The number of aromatic nitrogens is 3. The van der Waals surface area contributed by atoms with Crippen LogP contribution in [0.1, 0.15) is 36.2 Å². The van der Waals surface area contributed by atoms with Crippen molar-refractivity contribution in [3.05, 3.63) is 39.0 Å². The van der Waals surface area contributed by atoms with E-state index in [1.54, 1.807) is 32.2 Å². The van der Waals surface area contributed by atoms with E-state index in [1.165, 1.54) is 23.3 Å². The summed E-state index contributed by atoms with van der Waals surface area (Å²) in [6.45, 7) is 1.63. The average molecular weight is 414 g/mol. The van der Waals surface area contributed by atoms with Crippen molar-refractivity contribution in [2.24, 2.45) is 0 Å². The summed E-state index contributed by atoms with van der Waals surface area (Å²) in [6, 6.07) is 4.27. The van der Waals surface area contributed by atoms with Gasteiger partial charge in [0.1, 0.15) is 17.5 Å². The largest absolute Gasteiger partial charge is 0.497 e. The number of hydrogen-bond donors (Lipinski definition) is 1. The van der Waals surface area contributed by atoms with E-state index in [-0.39, 0.29) is 5.56 Å². The fourth-order valence-corrected chi connectivity index (χ4v) is 4.80. The van der Waals surface area contributed by atoms with Gasteiger partial charge in [-0.3, -0.25) is 9.59 Å². The summed E-state index contributed by atoms with van der Waals surface area (Å²) in [6.07, 6.45) is 4.04. The Morgan fingerprint density at radius 3 is 2.79 bits per heavy atom. The Bertz CT molecular complexity index is 1140. The molecule has 1 aliphatic carbocycles. The number of rotatable bonds is 5. The van der Waals surface area contributed by atoms with Gasteiger partial charge in [0, 0.05) is 10.9 Å². The minimum Gasteiger partial charge on any atom is -0.497 e. The second-order valence-corrected chi connectivity index (χ2v) is 8.05. The van der Waals surface area contributed by atoms with Gasteiger partial charge in [-0.15, -0.1) is 16.4 Å². The molecule has 152 valence electrons. The fourth-order valence-electron chi connectivity index (χ4n) is 3.60. The Morgan fingerprint density at radius 2 is 2.03 bits per heavy atom. The van der Waals surface area contributed by atoms with Crippen LogP contribution in [0.25, 0.3) is 10.2 Å². The van der Waals surface area contributed by atoms with Crippen LogP contribution in [-0.4, -0.2) is 35.1 Å². The lowest BCUT2D eigenvalue weighted by Gasteiger charge is -2.16. The highest BCUT2D eigenvalue weighted by Crippen LogP contribution is 2.33. The molecule has 2 heterocycles. The summed E-state index contributed by atoms with van der Waals surface area (Å²) in [5.41, 5.74) is 1.26. The summed E-state index contributed by atoms with van der Waals surface area (Å²) in [5, 5.41) is 11.7. The standard InChI is InChI=1S/C20H22N4O4S/c1-11(18(25)21-14-10-12(27-2)8-9-15(14)28-3)24-20(26)17-13-6-4-5-7-16(13)29-19(17)22-23-24/h8-11H,4-7H2,1-3H3,(H,21,25). The summed E-state index contributed by atoms with van der Waals surface area (Å²) in [7, 11) is 3.06. The summed E-state index contributed by atoms with van der Waals surface area (Å²) in [4.78, 5) is 27.9. The molecule has 0 saturated heterocycles. The molecular weight excluding hydrogens is 392 g/mol. The number of ether oxygens (including phenoxy) is 2. The number of methoxy groups -OCH3 is 2. The number of hydrogen-bond acceptors (Lipinski definition) is 7. The number of amides is 1. The van der Waals surface area contributed by atoms with Crippen molar-refractivity contribution < 1.29 is 14.3 Å².